The van der Waals surface area contributed by atoms with Crippen molar-refractivity contribution in [3.05, 3.63) is 18.1 Å². The molecule has 0 aliphatic rings. The monoisotopic (exact) mass is 147 g/mol. The SMILES string of the molecule is C#Cc1nccc(N(C)C)n1. The van der Waals surface area contributed by atoms with Gasteiger partial charge in [0, 0.05) is 20.3 Å². The highest BCUT2D eigenvalue weighted by Gasteiger charge is 1.96. The maximum atomic E-state index is 5.13. The van der Waals surface area contributed by atoms with Crippen LogP contribution in [-0.4, -0.2) is 24.1 Å². The molecule has 1 rings (SSSR count). The van der Waals surface area contributed by atoms with E-state index in [0.717, 1.165) is 5.82 Å². The Morgan fingerprint density at radius 2 is 2.27 bits per heavy atom. The second kappa shape index (κ2) is 3.02. The molecule has 0 aliphatic carbocycles. The van der Waals surface area contributed by atoms with Crippen LogP contribution in [0.15, 0.2) is 12.3 Å². The van der Waals surface area contributed by atoms with Crippen molar-refractivity contribution in [2.45, 2.75) is 0 Å². The molecule has 0 unspecified atom stereocenters. The van der Waals surface area contributed by atoms with Crippen molar-refractivity contribution >= 4 is 5.82 Å². The van der Waals surface area contributed by atoms with Crippen LogP contribution in [0.4, 0.5) is 5.82 Å². The number of anilines is 1. The molecule has 1 aromatic rings. The third-order valence-electron chi connectivity index (χ3n) is 1.23. The average Bonchev–Trinajstić information content (AvgIpc) is 2.05. The molecule has 0 atom stereocenters. The normalized spacial score (nSPS) is 8.82. The molecular weight excluding hydrogens is 138 g/mol. The van der Waals surface area contributed by atoms with Crippen LogP contribution in [0.25, 0.3) is 0 Å². The lowest BCUT2D eigenvalue weighted by Gasteiger charge is -2.09. The summed E-state index contributed by atoms with van der Waals surface area (Å²) in [5.41, 5.74) is 0. The molecule has 0 aliphatic heterocycles. The van der Waals surface area contributed by atoms with Crippen LogP contribution in [0.5, 0.6) is 0 Å². The van der Waals surface area contributed by atoms with E-state index >= 15 is 0 Å². The molecule has 0 saturated heterocycles. The highest BCUT2D eigenvalue weighted by atomic mass is 15.1. The summed E-state index contributed by atoms with van der Waals surface area (Å²) in [6, 6.07) is 1.81. The van der Waals surface area contributed by atoms with Gasteiger partial charge in [0.05, 0.1) is 0 Å². The number of hydrogen-bond acceptors (Lipinski definition) is 3. The summed E-state index contributed by atoms with van der Waals surface area (Å²) in [5.74, 6) is 3.63. The average molecular weight is 147 g/mol. The van der Waals surface area contributed by atoms with E-state index < -0.39 is 0 Å². The molecule has 0 spiro atoms. The molecule has 0 fully saturated rings. The third-order valence-corrected chi connectivity index (χ3v) is 1.23. The lowest BCUT2D eigenvalue weighted by Crippen LogP contribution is -2.11. The van der Waals surface area contributed by atoms with Crippen molar-refractivity contribution < 1.29 is 0 Å². The fourth-order valence-corrected chi connectivity index (χ4v) is 0.668. The van der Waals surface area contributed by atoms with Crippen LogP contribution in [0.2, 0.25) is 0 Å². The zero-order chi connectivity index (χ0) is 8.27. The summed E-state index contributed by atoms with van der Waals surface area (Å²) >= 11 is 0. The zero-order valence-electron chi connectivity index (χ0n) is 6.57. The molecule has 11 heavy (non-hydrogen) atoms. The highest BCUT2D eigenvalue weighted by molar-refractivity contribution is 5.37. The van der Waals surface area contributed by atoms with Gasteiger partial charge < -0.3 is 4.90 Å². The Bertz CT molecular complexity index is 286. The summed E-state index contributed by atoms with van der Waals surface area (Å²) in [5, 5.41) is 0. The predicted molar refractivity (Wildman–Crippen MR) is 44.3 cm³/mol. The molecule has 3 nitrogen and oxygen atoms in total. The Morgan fingerprint density at radius 3 is 2.82 bits per heavy atom. The molecular formula is C8H9N3. The maximum absolute atomic E-state index is 5.13. The van der Waals surface area contributed by atoms with Gasteiger partial charge in [-0.3, -0.25) is 0 Å². The zero-order valence-corrected chi connectivity index (χ0v) is 6.57. The van der Waals surface area contributed by atoms with E-state index in [9.17, 15) is 0 Å². The fourth-order valence-electron chi connectivity index (χ4n) is 0.668. The molecule has 3 heteroatoms. The maximum Gasteiger partial charge on any atom is 0.206 e. The van der Waals surface area contributed by atoms with Crippen molar-refractivity contribution in [2.75, 3.05) is 19.0 Å². The number of hydrogen-bond donors (Lipinski definition) is 0. The van der Waals surface area contributed by atoms with Crippen LogP contribution < -0.4 is 4.90 Å². The number of nitrogens with zero attached hydrogens (tertiary/aromatic N) is 3. The molecule has 0 aromatic carbocycles. The quantitative estimate of drug-likeness (QED) is 0.542. The van der Waals surface area contributed by atoms with Gasteiger partial charge in [0.1, 0.15) is 5.82 Å². The molecule has 56 valence electrons. The van der Waals surface area contributed by atoms with E-state index in [-0.39, 0.29) is 0 Å². The molecule has 0 N–H and O–H groups in total. The Balaban J connectivity index is 3.03. The van der Waals surface area contributed by atoms with Crippen LogP contribution in [0, 0.1) is 12.3 Å². The second-order valence-electron chi connectivity index (χ2n) is 2.28. The summed E-state index contributed by atoms with van der Waals surface area (Å²) < 4.78 is 0. The van der Waals surface area contributed by atoms with Gasteiger partial charge >= 0.3 is 0 Å². The smallest absolute Gasteiger partial charge is 0.206 e. The minimum Gasteiger partial charge on any atom is -0.363 e. The number of rotatable bonds is 1. The van der Waals surface area contributed by atoms with Crippen LogP contribution in [0.3, 0.4) is 0 Å². The topological polar surface area (TPSA) is 29.0 Å². The van der Waals surface area contributed by atoms with Crippen molar-refractivity contribution in [2.24, 2.45) is 0 Å². The summed E-state index contributed by atoms with van der Waals surface area (Å²) in [7, 11) is 3.81. The number of aromatic nitrogens is 2. The largest absolute Gasteiger partial charge is 0.363 e. The van der Waals surface area contributed by atoms with E-state index in [2.05, 4.69) is 15.9 Å². The first-order chi connectivity index (χ1) is 5.24. The Kier molecular flexibility index (Phi) is 2.07. The van der Waals surface area contributed by atoms with Gasteiger partial charge in [-0.25, -0.2) is 9.97 Å². The lowest BCUT2D eigenvalue weighted by atomic mass is 10.5. The van der Waals surface area contributed by atoms with Gasteiger partial charge in [0.25, 0.3) is 0 Å². The van der Waals surface area contributed by atoms with E-state index in [1.54, 1.807) is 12.3 Å². The van der Waals surface area contributed by atoms with Crippen molar-refractivity contribution in [1.29, 1.82) is 0 Å². The minimum absolute atomic E-state index is 0.427. The van der Waals surface area contributed by atoms with Gasteiger partial charge in [0.2, 0.25) is 5.82 Å². The number of terminal acetylenes is 1. The Labute approximate surface area is 66.1 Å². The van der Waals surface area contributed by atoms with Gasteiger partial charge in [0.15, 0.2) is 0 Å². The molecule has 0 saturated carbocycles. The third kappa shape index (κ3) is 1.68. The summed E-state index contributed by atoms with van der Waals surface area (Å²) in [4.78, 5) is 9.81. The molecule has 1 aromatic heterocycles. The van der Waals surface area contributed by atoms with E-state index in [4.69, 9.17) is 6.42 Å². The van der Waals surface area contributed by atoms with Crippen LogP contribution in [0.1, 0.15) is 5.82 Å². The van der Waals surface area contributed by atoms with Gasteiger partial charge in [-0.2, -0.15) is 0 Å². The molecule has 1 heterocycles. The summed E-state index contributed by atoms with van der Waals surface area (Å²) in [6.07, 6.45) is 6.78. The standard InChI is InChI=1S/C8H9N3/c1-4-7-9-6-5-8(10-7)11(2)3/h1,5-6H,2-3H3. The van der Waals surface area contributed by atoms with E-state index in [1.165, 1.54) is 0 Å². The van der Waals surface area contributed by atoms with Crippen molar-refractivity contribution in [3.8, 4) is 12.3 Å². The van der Waals surface area contributed by atoms with Crippen molar-refractivity contribution in [3.63, 3.8) is 0 Å². The first-order valence-electron chi connectivity index (χ1n) is 3.21. The van der Waals surface area contributed by atoms with Crippen LogP contribution in [-0.2, 0) is 0 Å². The van der Waals surface area contributed by atoms with Gasteiger partial charge in [-0.05, 0) is 12.0 Å². The Morgan fingerprint density at radius 1 is 1.55 bits per heavy atom. The molecule has 0 amide bonds. The summed E-state index contributed by atoms with van der Waals surface area (Å²) in [6.45, 7) is 0. The molecule has 0 bridgehead atoms. The first-order valence-corrected chi connectivity index (χ1v) is 3.21. The fraction of sp³-hybridized carbons (Fsp3) is 0.250. The van der Waals surface area contributed by atoms with Crippen molar-refractivity contribution in [1.82, 2.24) is 9.97 Å². The van der Waals surface area contributed by atoms with E-state index in [1.807, 2.05) is 19.0 Å². The highest BCUT2D eigenvalue weighted by Crippen LogP contribution is 2.03. The Hall–Kier alpha value is -1.56. The van der Waals surface area contributed by atoms with Gasteiger partial charge in [-0.15, -0.1) is 6.42 Å². The minimum atomic E-state index is 0.427. The van der Waals surface area contributed by atoms with E-state index in [0.29, 0.717) is 5.82 Å². The molecule has 0 radical (unpaired) electrons. The first kappa shape index (κ1) is 7.55. The van der Waals surface area contributed by atoms with Crippen LogP contribution >= 0.6 is 0 Å². The lowest BCUT2D eigenvalue weighted by molar-refractivity contribution is 1.02. The van der Waals surface area contributed by atoms with Gasteiger partial charge in [-0.1, -0.05) is 0 Å². The predicted octanol–water partition coefficient (Wildman–Crippen LogP) is 0.524. The second-order valence-corrected chi connectivity index (χ2v) is 2.28.